The number of carbonyl (C=O) groups is 1. The van der Waals surface area contributed by atoms with E-state index < -0.39 is 10.1 Å². The van der Waals surface area contributed by atoms with Gasteiger partial charge < -0.3 is 0 Å². The average Bonchev–Trinajstić information content (AvgIpc) is 3.47. The van der Waals surface area contributed by atoms with Crippen molar-refractivity contribution in [3.8, 4) is 44.6 Å². The first-order chi connectivity index (χ1) is 19.4. The summed E-state index contributed by atoms with van der Waals surface area (Å²) in [5.74, 6) is 0.0776. The SMILES string of the molecule is O=C1c2ccccc2-c2c(-c3cc4c5c(cccc5n3)-c3ccccc3-4)[c-]ccc21.O=S(=O)(O)c1ccccn1.[Ir]. The van der Waals surface area contributed by atoms with Gasteiger partial charge in [0.05, 0.1) is 5.52 Å². The Balaban J connectivity index is 0.000000236. The zero-order chi connectivity index (χ0) is 27.4. The van der Waals surface area contributed by atoms with Crippen LogP contribution in [0.2, 0.25) is 0 Å². The number of nitrogens with zero attached hydrogens (tertiary/aromatic N) is 2. The van der Waals surface area contributed by atoms with Crippen molar-refractivity contribution in [2.45, 2.75) is 5.03 Å². The molecule has 1 N–H and O–H groups in total. The van der Waals surface area contributed by atoms with Gasteiger partial charge in [-0.25, -0.2) is 4.98 Å². The van der Waals surface area contributed by atoms with Crippen LogP contribution in [0.1, 0.15) is 15.9 Å². The Bertz CT molecular complexity index is 2110. The molecule has 0 atom stereocenters. The molecule has 8 rings (SSSR count). The average molecular weight is 732 g/mol. The van der Waals surface area contributed by atoms with E-state index in [0.717, 1.165) is 39.0 Å². The number of fused-ring (bicyclic) bond motifs is 6. The first-order valence-electron chi connectivity index (χ1n) is 12.5. The number of carbonyl (C=O) groups excluding carboxylic acids is 1. The van der Waals surface area contributed by atoms with Crippen LogP contribution in [0.25, 0.3) is 55.5 Å². The molecule has 201 valence electrons. The second-order valence-electron chi connectivity index (χ2n) is 9.46. The van der Waals surface area contributed by atoms with Gasteiger partial charge in [-0.2, -0.15) is 8.42 Å². The minimum Gasteiger partial charge on any atom is -0.296 e. The summed E-state index contributed by atoms with van der Waals surface area (Å²) in [5, 5.41) is 0.876. The molecule has 0 unspecified atom stereocenters. The van der Waals surface area contributed by atoms with Gasteiger partial charge in [0, 0.05) is 37.3 Å². The Morgan fingerprint density at radius 2 is 1.34 bits per heavy atom. The maximum absolute atomic E-state index is 12.9. The van der Waals surface area contributed by atoms with Crippen LogP contribution in [0.15, 0.2) is 114 Å². The predicted molar refractivity (Wildman–Crippen MR) is 153 cm³/mol. The minimum absolute atomic E-state index is 0. The molecular weight excluding hydrogens is 713 g/mol. The van der Waals surface area contributed by atoms with Crippen molar-refractivity contribution in [2.75, 3.05) is 0 Å². The van der Waals surface area contributed by atoms with Crippen LogP contribution in [-0.2, 0) is 30.2 Å². The van der Waals surface area contributed by atoms with Crippen molar-refractivity contribution in [3.63, 3.8) is 0 Å². The monoisotopic (exact) mass is 732 g/mol. The van der Waals surface area contributed by atoms with Gasteiger partial charge in [0.25, 0.3) is 0 Å². The van der Waals surface area contributed by atoms with Crippen molar-refractivity contribution in [2.24, 2.45) is 0 Å². The van der Waals surface area contributed by atoms with Gasteiger partial charge in [-0.05, 0) is 51.7 Å². The van der Waals surface area contributed by atoms with E-state index in [-0.39, 0.29) is 30.9 Å². The number of hydrogen-bond donors (Lipinski definition) is 1. The molecule has 0 bridgehead atoms. The number of aromatic nitrogens is 2. The summed E-state index contributed by atoms with van der Waals surface area (Å²) in [5.41, 5.74) is 11.0. The summed E-state index contributed by atoms with van der Waals surface area (Å²) < 4.78 is 29.1. The molecule has 6 nitrogen and oxygen atoms in total. The largest absolute Gasteiger partial charge is 0.312 e. The molecule has 0 saturated carbocycles. The maximum atomic E-state index is 12.9. The molecule has 1 radical (unpaired) electrons. The summed E-state index contributed by atoms with van der Waals surface area (Å²) >= 11 is 0. The van der Waals surface area contributed by atoms with Gasteiger partial charge in [0.15, 0.2) is 10.8 Å². The Kier molecular flexibility index (Phi) is 6.72. The molecule has 2 aromatic heterocycles. The fraction of sp³-hybridized carbons (Fsp3) is 0. The van der Waals surface area contributed by atoms with E-state index in [2.05, 4.69) is 59.6 Å². The number of pyridine rings is 2. The molecule has 0 amide bonds. The maximum Gasteiger partial charge on any atom is 0.312 e. The zero-order valence-corrected chi connectivity index (χ0v) is 24.4. The molecular formula is C33H19IrN2O4S-. The second-order valence-corrected chi connectivity index (χ2v) is 10.8. The third kappa shape index (κ3) is 4.42. The molecule has 0 spiro atoms. The second kappa shape index (κ2) is 10.3. The van der Waals surface area contributed by atoms with Crippen LogP contribution in [-0.4, -0.2) is 28.7 Å². The van der Waals surface area contributed by atoms with Gasteiger partial charge in [-0.15, -0.1) is 23.8 Å². The number of ketones is 1. The van der Waals surface area contributed by atoms with E-state index in [0.29, 0.717) is 0 Å². The van der Waals surface area contributed by atoms with Crippen molar-refractivity contribution >= 4 is 26.8 Å². The molecule has 8 heteroatoms. The molecule has 0 aliphatic heterocycles. The number of hydrogen-bond acceptors (Lipinski definition) is 5. The normalized spacial score (nSPS) is 12.1. The van der Waals surface area contributed by atoms with E-state index in [1.165, 1.54) is 46.0 Å². The molecule has 6 aromatic rings. The van der Waals surface area contributed by atoms with Crippen LogP contribution in [0, 0.1) is 6.07 Å². The van der Waals surface area contributed by atoms with Crippen LogP contribution < -0.4 is 0 Å². The number of rotatable bonds is 2. The third-order valence-electron chi connectivity index (χ3n) is 7.18. The molecule has 41 heavy (non-hydrogen) atoms. The first-order valence-corrected chi connectivity index (χ1v) is 14.0. The van der Waals surface area contributed by atoms with Crippen molar-refractivity contribution < 1.29 is 37.9 Å². The van der Waals surface area contributed by atoms with Crippen molar-refractivity contribution in [1.29, 1.82) is 0 Å². The third-order valence-corrected chi connectivity index (χ3v) is 7.95. The summed E-state index contributed by atoms with van der Waals surface area (Å²) in [4.78, 5) is 21.4. The van der Waals surface area contributed by atoms with E-state index >= 15 is 0 Å². The Labute approximate surface area is 249 Å². The fourth-order valence-corrected chi connectivity index (χ4v) is 5.96. The van der Waals surface area contributed by atoms with Crippen LogP contribution in [0.5, 0.6) is 0 Å². The van der Waals surface area contributed by atoms with Gasteiger partial charge >= 0.3 is 10.1 Å². The van der Waals surface area contributed by atoms with Crippen LogP contribution in [0.4, 0.5) is 0 Å². The van der Waals surface area contributed by atoms with Crippen molar-refractivity contribution in [1.82, 2.24) is 9.97 Å². The van der Waals surface area contributed by atoms with Gasteiger partial charge in [0.2, 0.25) is 0 Å². The van der Waals surface area contributed by atoms with Crippen LogP contribution in [0.3, 0.4) is 0 Å². The van der Waals surface area contributed by atoms with Crippen LogP contribution >= 0.6 is 0 Å². The molecule has 0 fully saturated rings. The summed E-state index contributed by atoms with van der Waals surface area (Å²) in [6.45, 7) is 0. The molecule has 0 saturated heterocycles. The summed E-state index contributed by atoms with van der Waals surface area (Å²) in [6.07, 6.45) is 1.29. The smallest absolute Gasteiger partial charge is 0.296 e. The van der Waals surface area contributed by atoms with Crippen molar-refractivity contribution in [3.05, 3.63) is 127 Å². The first kappa shape index (κ1) is 26.9. The predicted octanol–water partition coefficient (Wildman–Crippen LogP) is 6.89. The Morgan fingerprint density at radius 1 is 0.683 bits per heavy atom. The quantitative estimate of drug-likeness (QED) is 0.154. The fourth-order valence-electron chi connectivity index (χ4n) is 5.52. The molecule has 2 aliphatic carbocycles. The number of benzene rings is 4. The molecule has 2 aliphatic rings. The summed E-state index contributed by atoms with van der Waals surface area (Å²) in [7, 11) is -4.11. The molecule has 2 heterocycles. The van der Waals surface area contributed by atoms with E-state index in [1.807, 2.05) is 36.4 Å². The Hall–Kier alpha value is -4.33. The van der Waals surface area contributed by atoms with E-state index in [9.17, 15) is 13.2 Å². The summed E-state index contributed by atoms with van der Waals surface area (Å²) in [6, 6.07) is 36.2. The Morgan fingerprint density at radius 3 is 2.02 bits per heavy atom. The zero-order valence-electron chi connectivity index (χ0n) is 21.2. The van der Waals surface area contributed by atoms with Gasteiger partial charge in [-0.3, -0.25) is 14.3 Å². The van der Waals surface area contributed by atoms with Gasteiger partial charge in [-0.1, -0.05) is 83.9 Å². The molecule has 4 aromatic carbocycles. The van der Waals surface area contributed by atoms with E-state index in [1.54, 1.807) is 6.07 Å². The van der Waals surface area contributed by atoms with Gasteiger partial charge in [0.1, 0.15) is 0 Å². The minimum atomic E-state index is -4.11. The standard InChI is InChI=1S/C28H14NO.C5H5NO3S.Ir/c30-28-20-10-4-3-9-19(20)26-21(12-5-13-22(26)28)25-15-23-17-8-2-1-7-16(17)18-11-6-14-24(29-25)27(18)23;7-10(8,9)5-3-1-2-4-6-5;/h1-11,13-15H;1-4H,(H,7,8,9);/q-1;;. The topological polar surface area (TPSA) is 97.2 Å². The van der Waals surface area contributed by atoms with E-state index in [4.69, 9.17) is 9.54 Å².